The third kappa shape index (κ3) is 4.20. The first kappa shape index (κ1) is 11.7. The average Bonchev–Trinajstić information content (AvgIpc) is 2.29. The Morgan fingerprint density at radius 2 is 2.12 bits per heavy atom. The molecule has 0 aliphatic rings. The standard InChI is InChI=1S/C12H10N2O2/c1-10(15)16-14-8-2-3-11-4-6-12(9-13)7-5-11/h2-8H,1H3. The van der Waals surface area contributed by atoms with E-state index in [0.717, 1.165) is 5.56 Å². The lowest BCUT2D eigenvalue weighted by atomic mass is 10.1. The number of hydrogen-bond acceptors (Lipinski definition) is 4. The quantitative estimate of drug-likeness (QED) is 0.440. The molecule has 80 valence electrons. The van der Waals surface area contributed by atoms with Crippen molar-refractivity contribution < 1.29 is 9.63 Å². The molecule has 0 aliphatic heterocycles. The monoisotopic (exact) mass is 214 g/mol. The first-order valence-electron chi connectivity index (χ1n) is 4.60. The van der Waals surface area contributed by atoms with Crippen molar-refractivity contribution >= 4 is 18.3 Å². The molecule has 0 aromatic heterocycles. The Morgan fingerprint density at radius 1 is 1.44 bits per heavy atom. The highest BCUT2D eigenvalue weighted by atomic mass is 16.7. The minimum absolute atomic E-state index is 0.456. The lowest BCUT2D eigenvalue weighted by Gasteiger charge is -1.91. The predicted molar refractivity (Wildman–Crippen MR) is 60.4 cm³/mol. The first-order valence-corrected chi connectivity index (χ1v) is 4.60. The van der Waals surface area contributed by atoms with Gasteiger partial charge >= 0.3 is 5.97 Å². The molecule has 1 aromatic rings. The second-order valence-corrected chi connectivity index (χ2v) is 2.93. The van der Waals surface area contributed by atoms with E-state index in [1.54, 1.807) is 24.3 Å². The molecule has 0 fully saturated rings. The molecule has 0 aliphatic carbocycles. The minimum Gasteiger partial charge on any atom is -0.319 e. The molecule has 0 heterocycles. The summed E-state index contributed by atoms with van der Waals surface area (Å²) >= 11 is 0. The Balaban J connectivity index is 2.53. The summed E-state index contributed by atoms with van der Waals surface area (Å²) in [5, 5.41) is 12.0. The van der Waals surface area contributed by atoms with Crippen LogP contribution in [0.15, 0.2) is 35.5 Å². The van der Waals surface area contributed by atoms with Crippen molar-refractivity contribution in [3.63, 3.8) is 0 Å². The molecule has 4 nitrogen and oxygen atoms in total. The Hall–Kier alpha value is -2.41. The maximum atomic E-state index is 10.4. The second kappa shape index (κ2) is 6.14. The largest absolute Gasteiger partial charge is 0.331 e. The van der Waals surface area contributed by atoms with E-state index in [1.807, 2.05) is 18.2 Å². The molecular weight excluding hydrogens is 204 g/mol. The fourth-order valence-electron chi connectivity index (χ4n) is 0.963. The summed E-state index contributed by atoms with van der Waals surface area (Å²) < 4.78 is 0. The van der Waals surface area contributed by atoms with E-state index in [1.165, 1.54) is 13.1 Å². The van der Waals surface area contributed by atoms with Crippen LogP contribution >= 0.6 is 0 Å². The van der Waals surface area contributed by atoms with E-state index in [4.69, 9.17) is 5.26 Å². The summed E-state index contributed by atoms with van der Waals surface area (Å²) in [7, 11) is 0. The van der Waals surface area contributed by atoms with Gasteiger partial charge in [-0.15, -0.1) is 0 Å². The number of nitriles is 1. The zero-order valence-corrected chi connectivity index (χ0v) is 8.75. The summed E-state index contributed by atoms with van der Waals surface area (Å²) in [5.41, 5.74) is 1.55. The number of hydrogen-bond donors (Lipinski definition) is 0. The van der Waals surface area contributed by atoms with Gasteiger partial charge in [-0.1, -0.05) is 23.4 Å². The average molecular weight is 214 g/mol. The molecule has 0 spiro atoms. The molecule has 0 atom stereocenters. The van der Waals surface area contributed by atoms with Gasteiger partial charge in [0.1, 0.15) is 0 Å². The third-order valence-corrected chi connectivity index (χ3v) is 1.66. The number of nitrogens with zero attached hydrogens (tertiary/aromatic N) is 2. The van der Waals surface area contributed by atoms with Crippen LogP contribution in [-0.4, -0.2) is 12.2 Å². The summed E-state index contributed by atoms with van der Waals surface area (Å²) in [4.78, 5) is 14.7. The molecule has 0 N–H and O–H groups in total. The van der Waals surface area contributed by atoms with Crippen LogP contribution in [0.3, 0.4) is 0 Å². The lowest BCUT2D eigenvalue weighted by Crippen LogP contribution is -1.89. The molecule has 0 saturated carbocycles. The van der Waals surface area contributed by atoms with Gasteiger partial charge in [-0.2, -0.15) is 5.26 Å². The molecule has 0 saturated heterocycles. The maximum absolute atomic E-state index is 10.4. The second-order valence-electron chi connectivity index (χ2n) is 2.93. The first-order chi connectivity index (χ1) is 7.72. The third-order valence-electron chi connectivity index (χ3n) is 1.66. The number of carbonyl (C=O) groups excluding carboxylic acids is 1. The highest BCUT2D eigenvalue weighted by Crippen LogP contribution is 2.04. The van der Waals surface area contributed by atoms with Gasteiger partial charge < -0.3 is 4.84 Å². The van der Waals surface area contributed by atoms with Gasteiger partial charge in [-0.3, -0.25) is 0 Å². The van der Waals surface area contributed by atoms with Crippen LogP contribution in [0.1, 0.15) is 18.1 Å². The number of carbonyl (C=O) groups is 1. The van der Waals surface area contributed by atoms with Crippen LogP contribution in [-0.2, 0) is 9.63 Å². The predicted octanol–water partition coefficient (Wildman–Crippen LogP) is 2.12. The van der Waals surface area contributed by atoms with Crippen molar-refractivity contribution in [1.29, 1.82) is 5.26 Å². The van der Waals surface area contributed by atoms with Gasteiger partial charge in [0.25, 0.3) is 0 Å². The summed E-state index contributed by atoms with van der Waals surface area (Å²) in [5.74, 6) is -0.456. The minimum atomic E-state index is -0.456. The Morgan fingerprint density at radius 3 is 2.69 bits per heavy atom. The molecule has 4 heteroatoms. The van der Waals surface area contributed by atoms with Crippen LogP contribution < -0.4 is 0 Å². The van der Waals surface area contributed by atoms with Crippen molar-refractivity contribution in [3.05, 3.63) is 41.5 Å². The van der Waals surface area contributed by atoms with E-state index >= 15 is 0 Å². The van der Waals surface area contributed by atoms with E-state index in [-0.39, 0.29) is 0 Å². The normalized spacial score (nSPS) is 10.5. The summed E-state index contributed by atoms with van der Waals surface area (Å²) in [6.45, 7) is 1.28. The summed E-state index contributed by atoms with van der Waals surface area (Å²) in [6, 6.07) is 9.11. The molecule has 16 heavy (non-hydrogen) atoms. The van der Waals surface area contributed by atoms with Crippen molar-refractivity contribution in [2.45, 2.75) is 6.92 Å². The Labute approximate surface area is 93.4 Å². The van der Waals surface area contributed by atoms with Crippen LogP contribution in [0, 0.1) is 11.3 Å². The highest BCUT2D eigenvalue weighted by molar-refractivity contribution is 5.78. The maximum Gasteiger partial charge on any atom is 0.331 e. The molecule has 0 amide bonds. The molecular formula is C12H10N2O2. The smallest absolute Gasteiger partial charge is 0.319 e. The van der Waals surface area contributed by atoms with E-state index in [2.05, 4.69) is 9.99 Å². The van der Waals surface area contributed by atoms with E-state index in [0.29, 0.717) is 5.56 Å². The molecule has 1 aromatic carbocycles. The fourth-order valence-corrected chi connectivity index (χ4v) is 0.963. The van der Waals surface area contributed by atoms with Gasteiger partial charge in [-0.25, -0.2) is 4.79 Å². The van der Waals surface area contributed by atoms with Crippen molar-refractivity contribution in [1.82, 2.24) is 0 Å². The summed E-state index contributed by atoms with van der Waals surface area (Å²) in [6.07, 6.45) is 4.80. The van der Waals surface area contributed by atoms with Crippen LogP contribution in [0.2, 0.25) is 0 Å². The van der Waals surface area contributed by atoms with Crippen molar-refractivity contribution in [3.8, 4) is 6.07 Å². The number of allylic oxidation sites excluding steroid dienone is 1. The zero-order chi connectivity index (χ0) is 11.8. The Kier molecular flexibility index (Phi) is 4.48. The van der Waals surface area contributed by atoms with Gasteiger partial charge in [0.15, 0.2) is 0 Å². The number of benzene rings is 1. The van der Waals surface area contributed by atoms with E-state index < -0.39 is 5.97 Å². The van der Waals surface area contributed by atoms with E-state index in [9.17, 15) is 4.79 Å². The van der Waals surface area contributed by atoms with Crippen LogP contribution in [0.4, 0.5) is 0 Å². The van der Waals surface area contributed by atoms with Gasteiger partial charge in [0, 0.05) is 6.92 Å². The lowest BCUT2D eigenvalue weighted by molar-refractivity contribution is -0.140. The topological polar surface area (TPSA) is 62.4 Å². The number of rotatable bonds is 3. The SMILES string of the molecule is CC(=O)ON=CC=Cc1ccc(C#N)cc1. The fraction of sp³-hybridized carbons (Fsp3) is 0.0833. The molecule has 1 rings (SSSR count). The zero-order valence-electron chi connectivity index (χ0n) is 8.75. The highest BCUT2D eigenvalue weighted by Gasteiger charge is 1.88. The van der Waals surface area contributed by atoms with Crippen LogP contribution in [0.5, 0.6) is 0 Å². The van der Waals surface area contributed by atoms with Gasteiger partial charge in [-0.05, 0) is 23.8 Å². The van der Waals surface area contributed by atoms with Crippen LogP contribution in [0.25, 0.3) is 6.08 Å². The Bertz CT molecular complexity index is 453. The van der Waals surface area contributed by atoms with Gasteiger partial charge in [0.05, 0.1) is 17.8 Å². The van der Waals surface area contributed by atoms with Crippen molar-refractivity contribution in [2.24, 2.45) is 5.16 Å². The molecule has 0 radical (unpaired) electrons. The molecule has 0 bridgehead atoms. The molecule has 0 unspecified atom stereocenters. The number of oxime groups is 1. The van der Waals surface area contributed by atoms with Crippen molar-refractivity contribution in [2.75, 3.05) is 0 Å². The van der Waals surface area contributed by atoms with Gasteiger partial charge in [0.2, 0.25) is 0 Å².